The fourth-order valence-corrected chi connectivity index (χ4v) is 6.69. The van der Waals surface area contributed by atoms with E-state index in [1.54, 1.807) is 43.2 Å². The van der Waals surface area contributed by atoms with Crippen LogP contribution in [0.5, 0.6) is 0 Å². The minimum absolute atomic E-state index is 0. The van der Waals surface area contributed by atoms with Crippen LogP contribution in [0, 0.1) is 0 Å². The zero-order valence-electron chi connectivity index (χ0n) is 26.8. The summed E-state index contributed by atoms with van der Waals surface area (Å²) in [6.45, 7) is 2.97. The van der Waals surface area contributed by atoms with Crippen molar-refractivity contribution in [1.29, 1.82) is 0 Å². The van der Waals surface area contributed by atoms with E-state index in [-0.39, 0.29) is 26.4 Å². The molecule has 2 rings (SSSR count). The van der Waals surface area contributed by atoms with Crippen LogP contribution in [-0.4, -0.2) is 112 Å². The number of hydrogen-bond acceptors (Lipinski definition) is 15. The SMILES string of the molecule is C.CNC(=O)OCC(COC(=O)NC)OCCCC(=O)CCCS.c1ccc(SSCCOCCOCCSSc2ccccn2)nc1. The van der Waals surface area contributed by atoms with Gasteiger partial charge in [0.25, 0.3) is 0 Å². The predicted octanol–water partition coefficient (Wildman–Crippen LogP) is 6.47. The molecule has 0 aliphatic heterocycles. The Hall–Kier alpha value is -1.86. The Morgan fingerprint density at radius 1 is 0.750 bits per heavy atom. The molecule has 0 aliphatic rings. The minimum Gasteiger partial charge on any atom is -0.447 e. The van der Waals surface area contributed by atoms with Crippen LogP contribution in [0.2, 0.25) is 0 Å². The molecule has 2 heterocycles. The van der Waals surface area contributed by atoms with E-state index < -0.39 is 18.3 Å². The van der Waals surface area contributed by atoms with E-state index in [1.165, 1.54) is 14.1 Å². The molecule has 2 N–H and O–H groups in total. The smallest absolute Gasteiger partial charge is 0.406 e. The van der Waals surface area contributed by atoms with Crippen molar-refractivity contribution in [2.75, 3.05) is 77.6 Å². The van der Waals surface area contributed by atoms with E-state index in [0.717, 1.165) is 41.2 Å². The first kappa shape index (κ1) is 46.1. The number of rotatable bonds is 25. The number of nitrogens with zero attached hydrogens (tertiary/aromatic N) is 2. The molecule has 0 aromatic carbocycles. The summed E-state index contributed by atoms with van der Waals surface area (Å²) in [4.78, 5) is 42.2. The summed E-state index contributed by atoms with van der Waals surface area (Å²) >= 11 is 4.06. The Labute approximate surface area is 306 Å². The minimum atomic E-state index is -0.597. The zero-order valence-corrected chi connectivity index (χ0v) is 31.0. The zero-order chi connectivity index (χ0) is 34.2. The second-order valence-electron chi connectivity index (χ2n) is 9.03. The van der Waals surface area contributed by atoms with Crippen molar-refractivity contribution in [3.63, 3.8) is 0 Å². The standard InChI is InChI=1S/C16H20N2O2S4.C14H26N2O6S.CH4/c1-3-7-17-15(5-1)23-21-13-11-19-9-10-20-12-14-22-24-16-6-2-4-8-18-16;1-15-13(18)21-9-12(10-22-14(19)16-2)20-7-3-5-11(17)6-4-8-23;/h1-8H,9-14H2;12,23H,3-10H2,1-2H3,(H,15,18)(H,16,19);1H4. The lowest BCUT2D eigenvalue weighted by Crippen LogP contribution is -2.33. The molecule has 0 fully saturated rings. The maximum atomic E-state index is 11.5. The van der Waals surface area contributed by atoms with Crippen molar-refractivity contribution in [1.82, 2.24) is 20.6 Å². The van der Waals surface area contributed by atoms with Gasteiger partial charge in [0, 0.05) is 57.4 Å². The highest BCUT2D eigenvalue weighted by Crippen LogP contribution is 2.29. The Kier molecular flexibility index (Phi) is 32.3. The van der Waals surface area contributed by atoms with Gasteiger partial charge in [0.1, 0.15) is 35.2 Å². The summed E-state index contributed by atoms with van der Waals surface area (Å²) in [5.74, 6) is 2.75. The number of hydrogen-bond donors (Lipinski definition) is 3. The predicted molar refractivity (Wildman–Crippen MR) is 201 cm³/mol. The molecule has 0 atom stereocenters. The molecule has 0 spiro atoms. The Balaban J connectivity index is 0.000000903. The van der Waals surface area contributed by atoms with E-state index in [9.17, 15) is 14.4 Å². The lowest BCUT2D eigenvalue weighted by Gasteiger charge is -2.17. The molecule has 2 aromatic rings. The van der Waals surface area contributed by atoms with Crippen LogP contribution in [0.4, 0.5) is 9.59 Å². The van der Waals surface area contributed by atoms with Crippen LogP contribution >= 0.6 is 55.8 Å². The van der Waals surface area contributed by atoms with Gasteiger partial charge in [0.2, 0.25) is 0 Å². The monoisotopic (exact) mass is 766 g/mol. The molecule has 0 unspecified atom stereocenters. The van der Waals surface area contributed by atoms with E-state index >= 15 is 0 Å². The molecule has 48 heavy (non-hydrogen) atoms. The number of Topliss-reactive ketones (excluding diaryl/α,β-unsaturated/α-hetero) is 1. The molecule has 2 aromatic heterocycles. The molecule has 2 amide bonds. The third kappa shape index (κ3) is 28.0. The molecule has 0 saturated carbocycles. The second-order valence-corrected chi connectivity index (χ2v) is 14.3. The number of carbonyl (C=O) groups excluding carboxylic acids is 3. The second kappa shape index (κ2) is 33.6. The number of carbonyl (C=O) groups is 3. The Bertz CT molecular complexity index is 998. The van der Waals surface area contributed by atoms with Crippen molar-refractivity contribution in [2.45, 2.75) is 49.3 Å². The van der Waals surface area contributed by atoms with E-state index in [1.807, 2.05) is 48.8 Å². The summed E-state index contributed by atoms with van der Waals surface area (Å²) in [6, 6.07) is 11.9. The summed E-state index contributed by atoms with van der Waals surface area (Å²) in [5, 5.41) is 6.69. The molecule has 272 valence electrons. The number of nitrogens with one attached hydrogen (secondary N) is 2. The van der Waals surface area contributed by atoms with Crippen molar-refractivity contribution < 1.29 is 38.1 Å². The third-order valence-electron chi connectivity index (χ3n) is 5.33. The van der Waals surface area contributed by atoms with Crippen molar-refractivity contribution in [2.24, 2.45) is 0 Å². The molecule has 0 bridgehead atoms. The van der Waals surface area contributed by atoms with Crippen LogP contribution in [0.1, 0.15) is 33.1 Å². The van der Waals surface area contributed by atoms with Crippen LogP contribution in [0.15, 0.2) is 58.8 Å². The van der Waals surface area contributed by atoms with E-state index in [4.69, 9.17) is 23.7 Å². The van der Waals surface area contributed by atoms with Gasteiger partial charge in [-0.3, -0.25) is 4.79 Å². The normalized spacial score (nSPS) is 10.3. The van der Waals surface area contributed by atoms with Gasteiger partial charge in [-0.25, -0.2) is 19.6 Å². The number of thiol groups is 1. The van der Waals surface area contributed by atoms with Gasteiger partial charge < -0.3 is 34.3 Å². The molecule has 0 saturated heterocycles. The number of ketones is 1. The van der Waals surface area contributed by atoms with Gasteiger partial charge in [-0.15, -0.1) is 0 Å². The Morgan fingerprint density at radius 3 is 1.69 bits per heavy atom. The summed E-state index contributed by atoms with van der Waals surface area (Å²) in [5.41, 5.74) is 0. The average Bonchev–Trinajstić information content (AvgIpc) is 3.11. The first-order valence-corrected chi connectivity index (χ1v) is 20.2. The maximum Gasteiger partial charge on any atom is 0.406 e. The van der Waals surface area contributed by atoms with Crippen molar-refractivity contribution in [3.05, 3.63) is 48.8 Å². The molecular weight excluding hydrogens is 717 g/mol. The largest absolute Gasteiger partial charge is 0.447 e. The summed E-state index contributed by atoms with van der Waals surface area (Å²) in [7, 11) is 9.75. The van der Waals surface area contributed by atoms with Gasteiger partial charge in [0.15, 0.2) is 0 Å². The highest BCUT2D eigenvalue weighted by Gasteiger charge is 2.15. The highest BCUT2D eigenvalue weighted by molar-refractivity contribution is 8.77. The van der Waals surface area contributed by atoms with Crippen LogP contribution in [0.25, 0.3) is 0 Å². The number of pyridine rings is 2. The fourth-order valence-electron chi connectivity index (χ4n) is 3.05. The highest BCUT2D eigenvalue weighted by atomic mass is 33.1. The number of amides is 2. The van der Waals surface area contributed by atoms with Gasteiger partial charge in [0.05, 0.1) is 26.4 Å². The molecule has 17 heteroatoms. The first-order chi connectivity index (χ1) is 23.0. The Morgan fingerprint density at radius 2 is 1.25 bits per heavy atom. The number of alkyl carbamates (subject to hydrolysis) is 2. The topological polar surface area (TPSA) is 147 Å². The fraction of sp³-hybridized carbons (Fsp3) is 0.581. The molecular formula is C31H50N4O8S5. The van der Waals surface area contributed by atoms with Crippen LogP contribution in [-0.2, 0) is 28.5 Å². The maximum absolute atomic E-state index is 11.5. The summed E-state index contributed by atoms with van der Waals surface area (Å²) in [6.07, 6.45) is 4.11. The van der Waals surface area contributed by atoms with Crippen molar-refractivity contribution in [3.8, 4) is 0 Å². The third-order valence-corrected chi connectivity index (χ3v) is 10.1. The van der Waals surface area contributed by atoms with Crippen LogP contribution < -0.4 is 10.6 Å². The summed E-state index contributed by atoms with van der Waals surface area (Å²) < 4.78 is 26.4. The van der Waals surface area contributed by atoms with Gasteiger partial charge in [-0.1, -0.05) is 41.1 Å². The van der Waals surface area contributed by atoms with Crippen molar-refractivity contribution >= 4 is 73.8 Å². The molecule has 12 nitrogen and oxygen atoms in total. The lowest BCUT2D eigenvalue weighted by atomic mass is 10.1. The quantitative estimate of drug-likeness (QED) is 0.0576. The first-order valence-electron chi connectivity index (χ1n) is 15.0. The number of aromatic nitrogens is 2. The van der Waals surface area contributed by atoms with Gasteiger partial charge >= 0.3 is 12.2 Å². The van der Waals surface area contributed by atoms with Gasteiger partial charge in [-0.2, -0.15) is 12.6 Å². The van der Waals surface area contributed by atoms with Gasteiger partial charge in [-0.05, 0) is 64.4 Å². The lowest BCUT2D eigenvalue weighted by molar-refractivity contribution is -0.119. The molecule has 0 radical (unpaired) electrons. The molecule has 0 aliphatic carbocycles. The number of ether oxygens (including phenoxy) is 5. The van der Waals surface area contributed by atoms with E-state index in [2.05, 4.69) is 33.2 Å². The van der Waals surface area contributed by atoms with Crippen LogP contribution in [0.3, 0.4) is 0 Å². The average molecular weight is 767 g/mol. The van der Waals surface area contributed by atoms with E-state index in [0.29, 0.717) is 44.8 Å².